The third-order valence-corrected chi connectivity index (χ3v) is 3.64. The summed E-state index contributed by atoms with van der Waals surface area (Å²) in [5.41, 5.74) is 5.64. The molecule has 2 aromatic rings. The lowest BCUT2D eigenvalue weighted by atomic mass is 10.4. The van der Waals surface area contributed by atoms with Gasteiger partial charge in [0.05, 0.1) is 5.75 Å². The van der Waals surface area contributed by atoms with E-state index in [1.807, 2.05) is 0 Å². The number of carbonyl (C=O) groups excluding carboxylic acids is 1. The molecule has 1 aliphatic rings. The number of nitrogens with two attached hydrogens (primary N) is 1. The van der Waals surface area contributed by atoms with Crippen LogP contribution in [0.4, 0.5) is 11.8 Å². The van der Waals surface area contributed by atoms with Crippen LogP contribution < -0.4 is 11.1 Å². The highest BCUT2D eigenvalue weighted by atomic mass is 32.2. The lowest BCUT2D eigenvalue weighted by molar-refractivity contribution is -0.113. The van der Waals surface area contributed by atoms with Crippen LogP contribution in [0.2, 0.25) is 0 Å². The number of hydrogen-bond donors (Lipinski definition) is 2. The molecular weight excluding hydrogens is 280 g/mol. The zero-order valence-electron chi connectivity index (χ0n) is 10.4. The van der Waals surface area contributed by atoms with Crippen LogP contribution in [0.5, 0.6) is 0 Å². The lowest BCUT2D eigenvalue weighted by Gasteiger charge is -2.02. The van der Waals surface area contributed by atoms with E-state index < -0.39 is 0 Å². The van der Waals surface area contributed by atoms with Gasteiger partial charge in [0.25, 0.3) is 0 Å². The smallest absolute Gasteiger partial charge is 0.322 e. The van der Waals surface area contributed by atoms with Crippen LogP contribution in [0.15, 0.2) is 21.8 Å². The van der Waals surface area contributed by atoms with E-state index >= 15 is 0 Å². The van der Waals surface area contributed by atoms with Gasteiger partial charge in [0, 0.05) is 18.3 Å². The van der Waals surface area contributed by atoms with Crippen molar-refractivity contribution in [1.82, 2.24) is 20.2 Å². The van der Waals surface area contributed by atoms with Gasteiger partial charge in [-0.25, -0.2) is 9.97 Å². The van der Waals surface area contributed by atoms with E-state index in [1.165, 1.54) is 24.2 Å². The van der Waals surface area contributed by atoms with Crippen LogP contribution in [0.3, 0.4) is 0 Å². The highest BCUT2D eigenvalue weighted by Gasteiger charge is 2.29. The largest absolute Gasteiger partial charge is 0.408 e. The predicted molar refractivity (Wildman–Crippen MR) is 72.1 cm³/mol. The van der Waals surface area contributed by atoms with Crippen molar-refractivity contribution in [3.05, 3.63) is 18.3 Å². The third kappa shape index (κ3) is 3.05. The summed E-state index contributed by atoms with van der Waals surface area (Å²) in [6.07, 6.45) is 5.16. The van der Waals surface area contributed by atoms with Gasteiger partial charge in [0.15, 0.2) is 5.82 Å². The number of amides is 1. The summed E-state index contributed by atoms with van der Waals surface area (Å²) >= 11 is 1.20. The highest BCUT2D eigenvalue weighted by molar-refractivity contribution is 8.00. The molecule has 2 heterocycles. The predicted octanol–water partition coefficient (Wildman–Crippen LogP) is 1.05. The maximum Gasteiger partial charge on any atom is 0.322 e. The van der Waals surface area contributed by atoms with Crippen LogP contribution in [0, 0.1) is 0 Å². The number of rotatable bonds is 5. The van der Waals surface area contributed by atoms with Crippen molar-refractivity contribution in [2.24, 2.45) is 0 Å². The Morgan fingerprint density at radius 1 is 1.40 bits per heavy atom. The quantitative estimate of drug-likeness (QED) is 0.784. The fourth-order valence-electron chi connectivity index (χ4n) is 1.52. The molecule has 0 spiro atoms. The molecule has 9 heteroatoms. The average molecular weight is 292 g/mol. The first-order chi connectivity index (χ1) is 9.72. The van der Waals surface area contributed by atoms with Crippen LogP contribution in [0.25, 0.3) is 0 Å². The number of thioether (sulfide) groups is 1. The molecule has 3 rings (SSSR count). The van der Waals surface area contributed by atoms with Crippen molar-refractivity contribution < 1.29 is 9.21 Å². The molecule has 0 saturated heterocycles. The molecule has 8 nitrogen and oxygen atoms in total. The maximum atomic E-state index is 11.7. The molecule has 104 valence electrons. The summed E-state index contributed by atoms with van der Waals surface area (Å²) in [7, 11) is 0. The van der Waals surface area contributed by atoms with Crippen molar-refractivity contribution in [3.63, 3.8) is 0 Å². The Morgan fingerprint density at radius 2 is 2.20 bits per heavy atom. The molecule has 1 amide bonds. The Bertz CT molecular complexity index is 627. The van der Waals surface area contributed by atoms with Gasteiger partial charge in [-0.05, 0) is 12.8 Å². The van der Waals surface area contributed by atoms with Crippen LogP contribution in [-0.2, 0) is 4.79 Å². The molecule has 0 aliphatic heterocycles. The van der Waals surface area contributed by atoms with E-state index in [1.54, 1.807) is 0 Å². The van der Waals surface area contributed by atoms with E-state index in [0.29, 0.717) is 22.7 Å². The van der Waals surface area contributed by atoms with Gasteiger partial charge in [-0.15, -0.1) is 5.10 Å². The number of hydrogen-bond acceptors (Lipinski definition) is 8. The summed E-state index contributed by atoms with van der Waals surface area (Å²) < 4.78 is 5.34. The highest BCUT2D eigenvalue weighted by Crippen LogP contribution is 2.39. The molecule has 0 bridgehead atoms. The Hall–Kier alpha value is -2.16. The minimum Gasteiger partial charge on any atom is -0.408 e. The number of nitrogens with one attached hydrogen (secondary N) is 1. The summed E-state index contributed by atoms with van der Waals surface area (Å²) in [6.45, 7) is 0. The monoisotopic (exact) mass is 292 g/mol. The summed E-state index contributed by atoms with van der Waals surface area (Å²) in [5, 5.41) is 10.7. The molecular formula is C11H12N6O2S. The number of nitrogen functional groups attached to an aromatic ring is 1. The molecule has 1 saturated carbocycles. The SMILES string of the molecule is Nc1nccnc1SCC(=O)Nc1nnc(C2CC2)o1. The summed E-state index contributed by atoms with van der Waals surface area (Å²) in [6, 6.07) is 0.129. The zero-order chi connectivity index (χ0) is 13.9. The first kappa shape index (κ1) is 12.9. The topological polar surface area (TPSA) is 120 Å². The minimum atomic E-state index is -0.258. The van der Waals surface area contributed by atoms with Gasteiger partial charge in [-0.1, -0.05) is 16.9 Å². The molecule has 3 N–H and O–H groups in total. The molecule has 0 aromatic carbocycles. The number of carbonyl (C=O) groups is 1. The lowest BCUT2D eigenvalue weighted by Crippen LogP contribution is -2.14. The fourth-order valence-corrected chi connectivity index (χ4v) is 2.19. The summed E-state index contributed by atoms with van der Waals surface area (Å²) in [5.74, 6) is 1.14. The second-order valence-corrected chi connectivity index (χ2v) is 5.27. The minimum absolute atomic E-state index is 0.129. The molecule has 0 atom stereocenters. The number of anilines is 2. The molecule has 1 aliphatic carbocycles. The van der Waals surface area contributed by atoms with Crippen molar-refractivity contribution in [2.75, 3.05) is 16.8 Å². The van der Waals surface area contributed by atoms with Gasteiger partial charge >= 0.3 is 6.01 Å². The van der Waals surface area contributed by atoms with Crippen LogP contribution >= 0.6 is 11.8 Å². The van der Waals surface area contributed by atoms with E-state index in [0.717, 1.165) is 12.8 Å². The second-order valence-electron chi connectivity index (χ2n) is 4.30. The Kier molecular flexibility index (Phi) is 3.50. The summed E-state index contributed by atoms with van der Waals surface area (Å²) in [4.78, 5) is 19.7. The van der Waals surface area contributed by atoms with Gasteiger partial charge in [-0.3, -0.25) is 10.1 Å². The van der Waals surface area contributed by atoms with Crippen LogP contribution in [-0.4, -0.2) is 31.8 Å². The number of nitrogens with zero attached hydrogens (tertiary/aromatic N) is 4. The first-order valence-corrected chi connectivity index (χ1v) is 7.03. The number of aromatic nitrogens is 4. The van der Waals surface area contributed by atoms with Gasteiger partial charge in [0.1, 0.15) is 5.03 Å². The maximum absolute atomic E-state index is 11.7. The van der Waals surface area contributed by atoms with Gasteiger partial charge in [0.2, 0.25) is 11.8 Å². The normalized spacial score (nSPS) is 14.2. The Balaban J connectivity index is 1.52. The van der Waals surface area contributed by atoms with E-state index in [4.69, 9.17) is 10.2 Å². The first-order valence-electron chi connectivity index (χ1n) is 6.05. The Morgan fingerprint density at radius 3 is 2.95 bits per heavy atom. The molecule has 20 heavy (non-hydrogen) atoms. The van der Waals surface area contributed by atoms with Crippen molar-refractivity contribution >= 4 is 29.5 Å². The van der Waals surface area contributed by atoms with Gasteiger partial charge in [-0.2, -0.15) is 0 Å². The van der Waals surface area contributed by atoms with Gasteiger partial charge < -0.3 is 10.2 Å². The van der Waals surface area contributed by atoms with Crippen molar-refractivity contribution in [1.29, 1.82) is 0 Å². The molecule has 0 unspecified atom stereocenters. The molecule has 2 aromatic heterocycles. The van der Waals surface area contributed by atoms with E-state index in [-0.39, 0.29) is 17.7 Å². The van der Waals surface area contributed by atoms with Crippen molar-refractivity contribution in [3.8, 4) is 0 Å². The third-order valence-electron chi connectivity index (χ3n) is 2.64. The standard InChI is InChI=1S/C11H12N6O2S/c12-8-10(14-4-3-13-8)20-5-7(18)15-11-17-16-9(19-11)6-1-2-6/h3-4,6H,1-2,5H2,(H2,12,13)(H,15,17,18). The average Bonchev–Trinajstić information content (AvgIpc) is 3.19. The van der Waals surface area contributed by atoms with Crippen LogP contribution in [0.1, 0.15) is 24.7 Å². The zero-order valence-corrected chi connectivity index (χ0v) is 11.3. The van der Waals surface area contributed by atoms with E-state index in [9.17, 15) is 4.79 Å². The Labute approximate surface area is 118 Å². The second kappa shape index (κ2) is 5.45. The fraction of sp³-hybridized carbons (Fsp3) is 0.364. The molecule has 0 radical (unpaired) electrons. The van der Waals surface area contributed by atoms with E-state index in [2.05, 4.69) is 25.5 Å². The molecule has 1 fully saturated rings. The van der Waals surface area contributed by atoms with Crippen molar-refractivity contribution in [2.45, 2.75) is 23.8 Å².